The van der Waals surface area contributed by atoms with E-state index in [2.05, 4.69) is 32.0 Å². The van der Waals surface area contributed by atoms with E-state index < -0.39 is 0 Å². The maximum atomic E-state index is 6.13. The number of rotatable bonds is 5. The number of hydrogen-bond donors (Lipinski definition) is 1. The molecule has 0 fully saturated rings. The molecule has 0 radical (unpaired) electrons. The monoisotopic (exact) mass is 261 g/mol. The first-order valence-corrected chi connectivity index (χ1v) is 6.98. The van der Waals surface area contributed by atoms with Crippen LogP contribution >= 0.6 is 11.3 Å². The van der Waals surface area contributed by atoms with Crippen LogP contribution in [0, 0.1) is 13.8 Å². The summed E-state index contributed by atoms with van der Waals surface area (Å²) < 4.78 is 5.71. The van der Waals surface area contributed by atoms with Crippen molar-refractivity contribution in [2.45, 2.75) is 26.3 Å². The van der Waals surface area contributed by atoms with Crippen molar-refractivity contribution < 1.29 is 4.74 Å². The van der Waals surface area contributed by atoms with Gasteiger partial charge >= 0.3 is 0 Å². The van der Waals surface area contributed by atoms with E-state index >= 15 is 0 Å². The van der Waals surface area contributed by atoms with Crippen molar-refractivity contribution >= 4 is 11.3 Å². The predicted molar refractivity (Wildman–Crippen MR) is 77.3 cm³/mol. The van der Waals surface area contributed by atoms with Gasteiger partial charge in [-0.15, -0.1) is 11.3 Å². The lowest BCUT2D eigenvalue weighted by Crippen LogP contribution is -2.12. The molecule has 1 aromatic heterocycles. The van der Waals surface area contributed by atoms with Gasteiger partial charge in [0.25, 0.3) is 0 Å². The summed E-state index contributed by atoms with van der Waals surface area (Å²) in [6.07, 6.45) is 0.841. The Balaban J connectivity index is 1.82. The maximum absolute atomic E-state index is 6.13. The molecule has 96 valence electrons. The Bertz CT molecular complexity index is 507. The molecule has 3 heteroatoms. The van der Waals surface area contributed by atoms with E-state index in [0.29, 0.717) is 6.61 Å². The highest BCUT2D eigenvalue weighted by molar-refractivity contribution is 7.12. The first-order valence-electron chi connectivity index (χ1n) is 6.16. The summed E-state index contributed by atoms with van der Waals surface area (Å²) in [6, 6.07) is 12.4. The SMILES string of the molecule is Cc1cccc(OCCC(N)c2ccc(C)s2)c1. The number of nitrogens with two attached hydrogens (primary N) is 1. The average Bonchev–Trinajstić information content (AvgIpc) is 2.76. The summed E-state index contributed by atoms with van der Waals surface area (Å²) in [6.45, 7) is 4.82. The number of thiophene rings is 1. The number of aryl methyl sites for hydroxylation is 2. The molecule has 0 aliphatic rings. The van der Waals surface area contributed by atoms with Gasteiger partial charge in [-0.25, -0.2) is 0 Å². The van der Waals surface area contributed by atoms with E-state index in [1.54, 1.807) is 11.3 Å². The molecular formula is C15H19NOS. The van der Waals surface area contributed by atoms with Gasteiger partial charge in [0.1, 0.15) is 5.75 Å². The van der Waals surface area contributed by atoms with Crippen molar-refractivity contribution in [3.05, 3.63) is 51.7 Å². The van der Waals surface area contributed by atoms with Crippen LogP contribution in [0.1, 0.15) is 27.8 Å². The minimum atomic E-state index is 0.0773. The summed E-state index contributed by atoms with van der Waals surface area (Å²) in [5, 5.41) is 0. The topological polar surface area (TPSA) is 35.2 Å². The lowest BCUT2D eigenvalue weighted by atomic mass is 10.2. The molecule has 0 aliphatic heterocycles. The molecule has 0 amide bonds. The zero-order valence-electron chi connectivity index (χ0n) is 10.8. The molecular weight excluding hydrogens is 242 g/mol. The van der Waals surface area contributed by atoms with E-state index in [4.69, 9.17) is 10.5 Å². The molecule has 0 bridgehead atoms. The minimum Gasteiger partial charge on any atom is -0.494 e. The summed E-state index contributed by atoms with van der Waals surface area (Å²) in [5.74, 6) is 0.921. The largest absolute Gasteiger partial charge is 0.494 e. The molecule has 0 aliphatic carbocycles. The first-order chi connectivity index (χ1) is 8.65. The third-order valence-electron chi connectivity index (χ3n) is 2.81. The first kappa shape index (κ1) is 13.1. The molecule has 2 nitrogen and oxygen atoms in total. The predicted octanol–water partition coefficient (Wildman–Crippen LogP) is 3.83. The second kappa shape index (κ2) is 6.03. The van der Waals surface area contributed by atoms with Crippen LogP contribution in [0.25, 0.3) is 0 Å². The van der Waals surface area contributed by atoms with E-state index in [1.165, 1.54) is 15.3 Å². The number of ether oxygens (including phenoxy) is 1. The van der Waals surface area contributed by atoms with Crippen molar-refractivity contribution in [1.29, 1.82) is 0 Å². The van der Waals surface area contributed by atoms with Crippen LogP contribution in [0.3, 0.4) is 0 Å². The van der Waals surface area contributed by atoms with Gasteiger partial charge in [-0.2, -0.15) is 0 Å². The van der Waals surface area contributed by atoms with Crippen LogP contribution in [0.2, 0.25) is 0 Å². The van der Waals surface area contributed by atoms with E-state index in [1.807, 2.05) is 18.2 Å². The Morgan fingerprint density at radius 1 is 1.22 bits per heavy atom. The second-order valence-electron chi connectivity index (χ2n) is 4.51. The molecule has 2 rings (SSSR count). The lowest BCUT2D eigenvalue weighted by molar-refractivity contribution is 0.299. The van der Waals surface area contributed by atoms with Gasteiger partial charge < -0.3 is 10.5 Å². The maximum Gasteiger partial charge on any atom is 0.119 e. The Morgan fingerprint density at radius 2 is 2.06 bits per heavy atom. The average molecular weight is 261 g/mol. The van der Waals surface area contributed by atoms with E-state index in [-0.39, 0.29) is 6.04 Å². The highest BCUT2D eigenvalue weighted by Crippen LogP contribution is 2.23. The second-order valence-corrected chi connectivity index (χ2v) is 5.83. The molecule has 0 saturated heterocycles. The fraction of sp³-hybridized carbons (Fsp3) is 0.333. The zero-order chi connectivity index (χ0) is 13.0. The normalized spacial score (nSPS) is 12.4. The van der Waals surface area contributed by atoms with Crippen LogP contribution in [0.15, 0.2) is 36.4 Å². The van der Waals surface area contributed by atoms with Gasteiger partial charge in [-0.05, 0) is 43.7 Å². The van der Waals surface area contributed by atoms with Gasteiger partial charge in [-0.1, -0.05) is 12.1 Å². The van der Waals surface area contributed by atoms with Gasteiger partial charge in [0.15, 0.2) is 0 Å². The fourth-order valence-corrected chi connectivity index (χ4v) is 2.72. The zero-order valence-corrected chi connectivity index (χ0v) is 11.7. The standard InChI is InChI=1S/C15H19NOS/c1-11-4-3-5-13(10-11)17-9-8-14(16)15-7-6-12(2)18-15/h3-7,10,14H,8-9,16H2,1-2H3. The van der Waals surface area contributed by atoms with Crippen LogP contribution in [0.4, 0.5) is 0 Å². The Morgan fingerprint density at radius 3 is 2.72 bits per heavy atom. The summed E-state index contributed by atoms with van der Waals surface area (Å²) in [4.78, 5) is 2.54. The summed E-state index contributed by atoms with van der Waals surface area (Å²) in [7, 11) is 0. The molecule has 2 N–H and O–H groups in total. The van der Waals surface area contributed by atoms with E-state index in [9.17, 15) is 0 Å². The van der Waals surface area contributed by atoms with Gasteiger partial charge in [0.05, 0.1) is 6.61 Å². The van der Waals surface area contributed by atoms with Crippen molar-refractivity contribution in [2.24, 2.45) is 5.73 Å². The number of hydrogen-bond acceptors (Lipinski definition) is 3. The van der Waals surface area contributed by atoms with Gasteiger partial charge in [0.2, 0.25) is 0 Å². The van der Waals surface area contributed by atoms with Crippen LogP contribution in [-0.2, 0) is 0 Å². The Kier molecular flexibility index (Phi) is 4.39. The van der Waals surface area contributed by atoms with Gasteiger partial charge in [0, 0.05) is 22.2 Å². The quantitative estimate of drug-likeness (QED) is 0.887. The molecule has 1 aromatic carbocycles. The Labute approximate surface area is 112 Å². The molecule has 1 unspecified atom stereocenters. The highest BCUT2D eigenvalue weighted by Gasteiger charge is 2.08. The molecule has 0 saturated carbocycles. The van der Waals surface area contributed by atoms with Crippen molar-refractivity contribution in [1.82, 2.24) is 0 Å². The fourth-order valence-electron chi connectivity index (χ4n) is 1.80. The summed E-state index contributed by atoms with van der Waals surface area (Å²) >= 11 is 1.76. The van der Waals surface area contributed by atoms with Crippen LogP contribution in [0.5, 0.6) is 5.75 Å². The van der Waals surface area contributed by atoms with Crippen molar-refractivity contribution in [2.75, 3.05) is 6.61 Å². The third-order valence-corrected chi connectivity index (χ3v) is 3.95. The Hall–Kier alpha value is -1.32. The number of benzene rings is 1. The van der Waals surface area contributed by atoms with Gasteiger partial charge in [-0.3, -0.25) is 0 Å². The highest BCUT2D eigenvalue weighted by atomic mass is 32.1. The summed E-state index contributed by atoms with van der Waals surface area (Å²) in [5.41, 5.74) is 7.35. The van der Waals surface area contributed by atoms with E-state index in [0.717, 1.165) is 12.2 Å². The lowest BCUT2D eigenvalue weighted by Gasteiger charge is -2.11. The third kappa shape index (κ3) is 3.59. The van der Waals surface area contributed by atoms with Crippen LogP contribution < -0.4 is 10.5 Å². The molecule has 1 atom stereocenters. The van der Waals surface area contributed by atoms with Crippen molar-refractivity contribution in [3.8, 4) is 5.75 Å². The van der Waals surface area contributed by atoms with Crippen LogP contribution in [-0.4, -0.2) is 6.61 Å². The van der Waals surface area contributed by atoms with Crippen molar-refractivity contribution in [3.63, 3.8) is 0 Å². The smallest absolute Gasteiger partial charge is 0.119 e. The molecule has 2 aromatic rings. The molecule has 1 heterocycles. The minimum absolute atomic E-state index is 0.0773. The molecule has 0 spiro atoms. The molecule has 18 heavy (non-hydrogen) atoms.